The molecule has 0 aromatic heterocycles. The highest BCUT2D eigenvalue weighted by atomic mass is 14.5. The highest BCUT2D eigenvalue weighted by Gasteiger charge is 2.04. The molecule has 1 heteroatoms. The first-order valence-corrected chi connectivity index (χ1v) is 7.03. The second-order valence-corrected chi connectivity index (χ2v) is 4.57. The van der Waals surface area contributed by atoms with Gasteiger partial charge in [-0.15, -0.1) is 0 Å². The van der Waals surface area contributed by atoms with Gasteiger partial charge in [0.1, 0.15) is 0 Å². The fraction of sp³-hybridized carbons (Fsp3) is 0.867. The van der Waals surface area contributed by atoms with Crippen molar-refractivity contribution in [1.82, 2.24) is 0 Å². The van der Waals surface area contributed by atoms with E-state index in [0.717, 1.165) is 0 Å². The third kappa shape index (κ3) is 10.1. The van der Waals surface area contributed by atoms with Crippen molar-refractivity contribution >= 4 is 0 Å². The summed E-state index contributed by atoms with van der Waals surface area (Å²) in [6.07, 6.45) is 11.9. The summed E-state index contributed by atoms with van der Waals surface area (Å²) in [4.78, 5) is 0. The summed E-state index contributed by atoms with van der Waals surface area (Å²) in [6.45, 7) is 5.02. The van der Waals surface area contributed by atoms with Gasteiger partial charge in [0.05, 0.1) is 6.54 Å². The first-order valence-electron chi connectivity index (χ1n) is 7.03. The Bertz CT molecular complexity index is 187. The smallest absolute Gasteiger partial charge is 0.0551 e. The Kier molecular flexibility index (Phi) is 12.2. The van der Waals surface area contributed by atoms with Gasteiger partial charge in [0.25, 0.3) is 0 Å². The number of nitrogens with two attached hydrogens (primary N) is 1. The summed E-state index contributed by atoms with van der Waals surface area (Å²) in [6, 6.07) is 0. The minimum Gasteiger partial charge on any atom is -0.320 e. The Morgan fingerprint density at radius 2 is 1.44 bits per heavy atom. The monoisotopic (exact) mass is 223 g/mol. The van der Waals surface area contributed by atoms with Gasteiger partial charge in [-0.05, 0) is 12.8 Å². The van der Waals surface area contributed by atoms with Gasteiger partial charge in [-0.25, -0.2) is 0 Å². The molecule has 1 atom stereocenters. The van der Waals surface area contributed by atoms with Gasteiger partial charge >= 0.3 is 0 Å². The topological polar surface area (TPSA) is 26.0 Å². The van der Waals surface area contributed by atoms with Gasteiger partial charge in [0, 0.05) is 5.92 Å². The Morgan fingerprint density at radius 1 is 0.875 bits per heavy atom. The molecule has 16 heavy (non-hydrogen) atoms. The van der Waals surface area contributed by atoms with Gasteiger partial charge in [0.15, 0.2) is 0 Å². The van der Waals surface area contributed by atoms with Crippen LogP contribution in [0.4, 0.5) is 0 Å². The van der Waals surface area contributed by atoms with Crippen molar-refractivity contribution in [3.05, 3.63) is 0 Å². The number of hydrogen-bond acceptors (Lipinski definition) is 1. The summed E-state index contributed by atoms with van der Waals surface area (Å²) in [7, 11) is 0. The molecule has 94 valence electrons. The SMILES string of the molecule is CCCCCCC(C#CCN)CCCCC. The van der Waals surface area contributed by atoms with Crippen LogP contribution in [0, 0.1) is 17.8 Å². The molecule has 0 aliphatic heterocycles. The van der Waals surface area contributed by atoms with Crippen molar-refractivity contribution in [1.29, 1.82) is 0 Å². The molecule has 0 aromatic carbocycles. The fourth-order valence-corrected chi connectivity index (χ4v) is 1.95. The van der Waals surface area contributed by atoms with E-state index in [1.54, 1.807) is 0 Å². The molecule has 0 spiro atoms. The Hall–Kier alpha value is -0.480. The quantitative estimate of drug-likeness (QED) is 0.462. The number of unbranched alkanes of at least 4 members (excludes halogenated alkanes) is 5. The molecule has 1 nitrogen and oxygen atoms in total. The molecule has 0 fully saturated rings. The first-order chi connectivity index (χ1) is 7.85. The average molecular weight is 223 g/mol. The lowest BCUT2D eigenvalue weighted by Crippen LogP contribution is -2.00. The van der Waals surface area contributed by atoms with Crippen LogP contribution in [0.15, 0.2) is 0 Å². The molecule has 0 aliphatic carbocycles. The second-order valence-electron chi connectivity index (χ2n) is 4.57. The van der Waals surface area contributed by atoms with E-state index in [-0.39, 0.29) is 0 Å². The van der Waals surface area contributed by atoms with Crippen molar-refractivity contribution in [3.63, 3.8) is 0 Å². The molecule has 0 radical (unpaired) electrons. The highest BCUT2D eigenvalue weighted by Crippen LogP contribution is 2.17. The summed E-state index contributed by atoms with van der Waals surface area (Å²) in [5.74, 6) is 6.98. The van der Waals surface area contributed by atoms with Crippen LogP contribution in [-0.2, 0) is 0 Å². The van der Waals surface area contributed by atoms with Crippen molar-refractivity contribution in [2.75, 3.05) is 6.54 Å². The molecule has 2 N–H and O–H groups in total. The Balaban J connectivity index is 3.72. The van der Waals surface area contributed by atoms with E-state index < -0.39 is 0 Å². The van der Waals surface area contributed by atoms with Crippen LogP contribution in [0.3, 0.4) is 0 Å². The van der Waals surface area contributed by atoms with Crippen molar-refractivity contribution in [3.8, 4) is 11.8 Å². The molecule has 0 heterocycles. The van der Waals surface area contributed by atoms with Gasteiger partial charge < -0.3 is 5.73 Å². The molecule has 0 aliphatic rings. The lowest BCUT2D eigenvalue weighted by Gasteiger charge is -2.10. The van der Waals surface area contributed by atoms with E-state index in [9.17, 15) is 0 Å². The molecule has 0 amide bonds. The van der Waals surface area contributed by atoms with Crippen LogP contribution < -0.4 is 5.73 Å². The van der Waals surface area contributed by atoms with Crippen molar-refractivity contribution in [2.45, 2.75) is 71.6 Å². The number of hydrogen-bond donors (Lipinski definition) is 1. The van der Waals surface area contributed by atoms with Gasteiger partial charge in [0.2, 0.25) is 0 Å². The zero-order chi connectivity index (χ0) is 12.1. The van der Waals surface area contributed by atoms with Crippen molar-refractivity contribution in [2.24, 2.45) is 11.7 Å². The molecule has 0 rings (SSSR count). The average Bonchev–Trinajstić information content (AvgIpc) is 2.31. The van der Waals surface area contributed by atoms with E-state index in [0.29, 0.717) is 12.5 Å². The Morgan fingerprint density at radius 3 is 2.00 bits per heavy atom. The largest absolute Gasteiger partial charge is 0.320 e. The molecular weight excluding hydrogens is 194 g/mol. The van der Waals surface area contributed by atoms with E-state index >= 15 is 0 Å². The molecule has 0 bridgehead atoms. The summed E-state index contributed by atoms with van der Waals surface area (Å²) < 4.78 is 0. The zero-order valence-electron chi connectivity index (χ0n) is 11.2. The number of rotatable bonds is 9. The van der Waals surface area contributed by atoms with Crippen LogP contribution in [-0.4, -0.2) is 6.54 Å². The lowest BCUT2D eigenvalue weighted by molar-refractivity contribution is 0.489. The maximum absolute atomic E-state index is 5.43. The van der Waals surface area contributed by atoms with E-state index in [1.807, 2.05) is 0 Å². The summed E-state index contributed by atoms with van der Waals surface area (Å²) >= 11 is 0. The minimum atomic E-state index is 0.513. The second kappa shape index (κ2) is 12.6. The maximum Gasteiger partial charge on any atom is 0.0551 e. The molecule has 0 saturated heterocycles. The van der Waals surface area contributed by atoms with Crippen LogP contribution in [0.1, 0.15) is 71.6 Å². The first kappa shape index (κ1) is 15.5. The van der Waals surface area contributed by atoms with Crippen LogP contribution >= 0.6 is 0 Å². The standard InChI is InChI=1S/C15H29N/c1-3-5-7-9-12-15(13-10-14-16)11-8-6-4-2/h15H,3-9,11-12,14,16H2,1-2H3. The van der Waals surface area contributed by atoms with Crippen LogP contribution in [0.5, 0.6) is 0 Å². The fourth-order valence-electron chi connectivity index (χ4n) is 1.95. The molecular formula is C15H29N. The minimum absolute atomic E-state index is 0.513. The molecule has 0 saturated carbocycles. The summed E-state index contributed by atoms with van der Waals surface area (Å²) in [5.41, 5.74) is 5.43. The maximum atomic E-state index is 5.43. The highest BCUT2D eigenvalue weighted by molar-refractivity contribution is 5.04. The van der Waals surface area contributed by atoms with Crippen LogP contribution in [0.2, 0.25) is 0 Å². The predicted octanol–water partition coefficient (Wildman–Crippen LogP) is 4.12. The third-order valence-electron chi connectivity index (χ3n) is 2.97. The van der Waals surface area contributed by atoms with Crippen LogP contribution in [0.25, 0.3) is 0 Å². The van der Waals surface area contributed by atoms with Gasteiger partial charge in [-0.2, -0.15) is 0 Å². The molecule has 1 unspecified atom stereocenters. The predicted molar refractivity (Wildman–Crippen MR) is 73.2 cm³/mol. The van der Waals surface area contributed by atoms with E-state index in [2.05, 4.69) is 25.7 Å². The normalized spacial score (nSPS) is 11.9. The zero-order valence-corrected chi connectivity index (χ0v) is 11.2. The van der Waals surface area contributed by atoms with Gasteiger partial charge in [-0.1, -0.05) is 70.6 Å². The lowest BCUT2D eigenvalue weighted by atomic mass is 9.95. The summed E-state index contributed by atoms with van der Waals surface area (Å²) in [5, 5.41) is 0. The van der Waals surface area contributed by atoms with Gasteiger partial charge in [-0.3, -0.25) is 0 Å². The molecule has 0 aromatic rings. The Labute approximate surface area is 102 Å². The third-order valence-corrected chi connectivity index (χ3v) is 2.97. The van der Waals surface area contributed by atoms with E-state index in [1.165, 1.54) is 57.8 Å². The van der Waals surface area contributed by atoms with E-state index in [4.69, 9.17) is 5.73 Å². The van der Waals surface area contributed by atoms with Crippen molar-refractivity contribution < 1.29 is 0 Å².